The average molecular weight is 234 g/mol. The van der Waals surface area contributed by atoms with Gasteiger partial charge in [-0.2, -0.15) is 0 Å². The van der Waals surface area contributed by atoms with Crippen LogP contribution in [0.1, 0.15) is 18.9 Å². The van der Waals surface area contributed by atoms with Crippen LogP contribution in [-0.4, -0.2) is 23.3 Å². The van der Waals surface area contributed by atoms with Gasteiger partial charge in [0.25, 0.3) is 0 Å². The summed E-state index contributed by atoms with van der Waals surface area (Å²) < 4.78 is 0. The number of carbonyl (C=O) groups is 2. The van der Waals surface area contributed by atoms with E-state index in [1.807, 2.05) is 6.07 Å². The lowest BCUT2D eigenvalue weighted by atomic mass is 9.75. The number of carbonyl (C=O) groups excluding carboxylic acids is 2. The van der Waals surface area contributed by atoms with Gasteiger partial charge in [-0.05, 0) is 12.0 Å². The van der Waals surface area contributed by atoms with Gasteiger partial charge in [-0.1, -0.05) is 37.3 Å². The summed E-state index contributed by atoms with van der Waals surface area (Å²) in [7, 11) is 0. The molecule has 2 amide bonds. The van der Waals surface area contributed by atoms with Crippen LogP contribution in [0.25, 0.3) is 0 Å². The Kier molecular flexibility index (Phi) is 2.85. The minimum atomic E-state index is -1.31. The lowest BCUT2D eigenvalue weighted by molar-refractivity contribution is -0.148. The van der Waals surface area contributed by atoms with Gasteiger partial charge in [0.1, 0.15) is 0 Å². The van der Waals surface area contributed by atoms with Crippen molar-refractivity contribution in [3.05, 3.63) is 35.9 Å². The first-order chi connectivity index (χ1) is 8.11. The topological polar surface area (TPSA) is 78.4 Å². The van der Waals surface area contributed by atoms with E-state index in [2.05, 4.69) is 10.6 Å². The lowest BCUT2D eigenvalue weighted by Crippen LogP contribution is -2.66. The molecule has 1 fully saturated rings. The number of aliphatic hydroxyl groups is 1. The third kappa shape index (κ3) is 1.68. The Balaban J connectivity index is 2.50. The van der Waals surface area contributed by atoms with E-state index in [-0.39, 0.29) is 0 Å². The fourth-order valence-electron chi connectivity index (χ4n) is 2.14. The number of rotatable bonds is 2. The van der Waals surface area contributed by atoms with Gasteiger partial charge in [-0.15, -0.1) is 0 Å². The second-order valence-electron chi connectivity index (χ2n) is 3.97. The quantitative estimate of drug-likeness (QED) is 0.623. The molecule has 5 heteroatoms. The molecule has 0 atom stereocenters. The summed E-state index contributed by atoms with van der Waals surface area (Å²) in [6.07, 6.45) is -0.972. The van der Waals surface area contributed by atoms with Crippen LogP contribution >= 0.6 is 0 Å². The van der Waals surface area contributed by atoms with Crippen LogP contribution in [0.2, 0.25) is 0 Å². The monoisotopic (exact) mass is 234 g/mol. The minimum Gasteiger partial charge on any atom is -0.356 e. The predicted octanol–water partition coefficient (Wildman–Crippen LogP) is -0.144. The molecular formula is C12H14N2O3. The molecule has 0 aromatic heterocycles. The third-order valence-corrected chi connectivity index (χ3v) is 3.11. The van der Waals surface area contributed by atoms with Crippen LogP contribution in [0.15, 0.2) is 30.3 Å². The largest absolute Gasteiger partial charge is 0.356 e. The summed E-state index contributed by atoms with van der Waals surface area (Å²) in [5.74, 6) is -0.940. The van der Waals surface area contributed by atoms with Crippen molar-refractivity contribution in [3.63, 3.8) is 0 Å². The molecule has 1 saturated heterocycles. The van der Waals surface area contributed by atoms with Crippen molar-refractivity contribution in [1.29, 1.82) is 0 Å². The Morgan fingerprint density at radius 3 is 2.18 bits per heavy atom. The fraction of sp³-hybridized carbons (Fsp3) is 0.333. The normalized spacial score (nSPS) is 28.5. The average Bonchev–Trinajstić information content (AvgIpc) is 2.30. The molecule has 1 aliphatic heterocycles. The lowest BCUT2D eigenvalue weighted by Gasteiger charge is -2.36. The van der Waals surface area contributed by atoms with Gasteiger partial charge in [0, 0.05) is 0 Å². The Bertz CT molecular complexity index is 426. The van der Waals surface area contributed by atoms with Crippen molar-refractivity contribution >= 4 is 11.8 Å². The predicted molar refractivity (Wildman–Crippen MR) is 60.7 cm³/mol. The first kappa shape index (κ1) is 11.6. The summed E-state index contributed by atoms with van der Waals surface area (Å²) in [4.78, 5) is 24.1. The zero-order valence-electron chi connectivity index (χ0n) is 9.43. The van der Waals surface area contributed by atoms with E-state index in [9.17, 15) is 14.7 Å². The minimum absolute atomic E-state index is 0.335. The van der Waals surface area contributed by atoms with Gasteiger partial charge in [-0.25, -0.2) is 0 Å². The highest BCUT2D eigenvalue weighted by molar-refractivity contribution is 6.12. The van der Waals surface area contributed by atoms with Gasteiger partial charge in [0.2, 0.25) is 18.2 Å². The fourth-order valence-corrected chi connectivity index (χ4v) is 2.14. The molecule has 0 saturated carbocycles. The zero-order chi connectivity index (χ0) is 12.5. The molecule has 0 bridgehead atoms. The summed E-state index contributed by atoms with van der Waals surface area (Å²) in [6, 6.07) is 8.84. The van der Waals surface area contributed by atoms with E-state index in [1.54, 1.807) is 31.2 Å². The van der Waals surface area contributed by atoms with Crippen LogP contribution in [0.5, 0.6) is 0 Å². The third-order valence-electron chi connectivity index (χ3n) is 3.11. The highest BCUT2D eigenvalue weighted by Crippen LogP contribution is 2.30. The molecule has 1 aliphatic rings. The van der Waals surface area contributed by atoms with Crippen molar-refractivity contribution < 1.29 is 14.7 Å². The van der Waals surface area contributed by atoms with Crippen molar-refractivity contribution in [2.75, 3.05) is 0 Å². The summed E-state index contributed by atoms with van der Waals surface area (Å²) >= 11 is 0. The van der Waals surface area contributed by atoms with E-state index in [0.717, 1.165) is 0 Å². The molecule has 0 radical (unpaired) electrons. The second-order valence-corrected chi connectivity index (χ2v) is 3.97. The molecule has 90 valence electrons. The molecule has 17 heavy (non-hydrogen) atoms. The first-order valence-electron chi connectivity index (χ1n) is 5.47. The molecule has 2 rings (SSSR count). The summed E-state index contributed by atoms with van der Waals surface area (Å²) in [6.45, 7) is 1.77. The molecule has 3 N–H and O–H groups in total. The van der Waals surface area contributed by atoms with Gasteiger partial charge < -0.3 is 15.7 Å². The molecule has 0 unspecified atom stereocenters. The first-order valence-corrected chi connectivity index (χ1v) is 5.47. The maximum absolute atomic E-state index is 12.0. The van der Waals surface area contributed by atoms with Crippen molar-refractivity contribution in [2.24, 2.45) is 0 Å². The van der Waals surface area contributed by atoms with E-state index in [1.165, 1.54) is 0 Å². The van der Waals surface area contributed by atoms with Crippen molar-refractivity contribution in [2.45, 2.75) is 25.1 Å². The Labute approximate surface area is 98.8 Å². The number of amides is 2. The van der Waals surface area contributed by atoms with Gasteiger partial charge in [0.05, 0.1) is 0 Å². The van der Waals surface area contributed by atoms with Crippen LogP contribution in [0, 0.1) is 0 Å². The number of hydrogen-bond donors (Lipinski definition) is 3. The van der Waals surface area contributed by atoms with E-state index in [4.69, 9.17) is 0 Å². The Morgan fingerprint density at radius 1 is 1.18 bits per heavy atom. The standard InChI is InChI=1S/C12H14N2O3/c1-2-12(8-6-4-3-5-7-8)9(15)13-11(17)14-10(12)16/h3-7,11,17H,2H2,1H3,(H,13,15)(H,14,16). The van der Waals surface area contributed by atoms with E-state index >= 15 is 0 Å². The highest BCUT2D eigenvalue weighted by Gasteiger charge is 2.49. The molecular weight excluding hydrogens is 220 g/mol. The number of nitrogens with one attached hydrogen (secondary N) is 2. The van der Waals surface area contributed by atoms with E-state index < -0.39 is 23.6 Å². The van der Waals surface area contributed by atoms with Crippen LogP contribution in [0.4, 0.5) is 0 Å². The smallest absolute Gasteiger partial charge is 0.243 e. The van der Waals surface area contributed by atoms with Crippen LogP contribution in [0.3, 0.4) is 0 Å². The summed E-state index contributed by atoms with van der Waals surface area (Å²) in [5, 5.41) is 13.9. The molecule has 1 aromatic rings. The molecule has 0 spiro atoms. The molecule has 1 aromatic carbocycles. The second kappa shape index (κ2) is 4.18. The van der Waals surface area contributed by atoms with Crippen LogP contribution in [-0.2, 0) is 15.0 Å². The van der Waals surface area contributed by atoms with Crippen molar-refractivity contribution in [3.8, 4) is 0 Å². The number of hydrogen-bond acceptors (Lipinski definition) is 3. The SMILES string of the molecule is CCC1(c2ccccc2)C(=O)NC(O)NC1=O. The number of benzene rings is 1. The molecule has 1 heterocycles. The van der Waals surface area contributed by atoms with Gasteiger partial charge in [-0.3, -0.25) is 9.59 Å². The van der Waals surface area contributed by atoms with Crippen molar-refractivity contribution in [1.82, 2.24) is 10.6 Å². The maximum Gasteiger partial charge on any atom is 0.243 e. The summed E-state index contributed by atoms with van der Waals surface area (Å²) in [5.41, 5.74) is -0.620. The highest BCUT2D eigenvalue weighted by atomic mass is 16.3. The van der Waals surface area contributed by atoms with E-state index in [0.29, 0.717) is 12.0 Å². The zero-order valence-corrected chi connectivity index (χ0v) is 9.43. The van der Waals surface area contributed by atoms with Gasteiger partial charge in [0.15, 0.2) is 5.41 Å². The maximum atomic E-state index is 12.0. The number of aliphatic hydroxyl groups excluding tert-OH is 1. The van der Waals surface area contributed by atoms with Crippen LogP contribution < -0.4 is 10.6 Å². The van der Waals surface area contributed by atoms with Gasteiger partial charge >= 0.3 is 0 Å². The molecule has 5 nitrogen and oxygen atoms in total. The Morgan fingerprint density at radius 2 is 1.71 bits per heavy atom. The Hall–Kier alpha value is -1.88. The molecule has 0 aliphatic carbocycles.